The van der Waals surface area contributed by atoms with Gasteiger partial charge in [0.05, 0.1) is 37.2 Å². The van der Waals surface area contributed by atoms with Crippen molar-refractivity contribution in [2.24, 2.45) is 11.7 Å². The van der Waals surface area contributed by atoms with Crippen molar-refractivity contribution in [1.29, 1.82) is 0 Å². The maximum atomic E-state index is 12.4. The largest absolute Gasteiger partial charge is 0.382 e. The third-order valence-electron chi connectivity index (χ3n) is 10.2. The first kappa shape index (κ1) is 44.4. The topological polar surface area (TPSA) is 257 Å². The fourth-order valence-corrected chi connectivity index (χ4v) is 6.88. The van der Waals surface area contributed by atoms with Crippen molar-refractivity contribution in [2.45, 2.75) is 109 Å². The van der Waals surface area contributed by atoms with Crippen molar-refractivity contribution in [3.05, 3.63) is 30.1 Å². The summed E-state index contributed by atoms with van der Waals surface area (Å²) in [5.41, 5.74) is 14.9. The number of benzene rings is 1. The number of para-hydroxylation sites is 1. The highest BCUT2D eigenvalue weighted by Crippen LogP contribution is 2.29. The van der Waals surface area contributed by atoms with Gasteiger partial charge in [-0.25, -0.2) is 9.97 Å². The van der Waals surface area contributed by atoms with E-state index in [1.54, 1.807) is 0 Å². The lowest BCUT2D eigenvalue weighted by Crippen LogP contribution is -2.46. The Morgan fingerprint density at radius 1 is 0.702 bits per heavy atom. The lowest BCUT2D eigenvalue weighted by Gasteiger charge is -2.18. The van der Waals surface area contributed by atoms with E-state index in [-0.39, 0.29) is 50.3 Å². The second kappa shape index (κ2) is 23.7. The van der Waals surface area contributed by atoms with Gasteiger partial charge in [-0.3, -0.25) is 28.8 Å². The second-order valence-electron chi connectivity index (χ2n) is 14.8. The summed E-state index contributed by atoms with van der Waals surface area (Å²) in [6, 6.07) is 8.09. The van der Waals surface area contributed by atoms with E-state index in [0.717, 1.165) is 99.3 Å². The molecule has 0 radical (unpaired) electrons. The monoisotopic (exact) mass is 791 g/mol. The van der Waals surface area contributed by atoms with Crippen LogP contribution in [0.25, 0.3) is 21.9 Å². The van der Waals surface area contributed by atoms with E-state index in [1.807, 2.05) is 24.3 Å². The molecule has 1 aliphatic rings. The summed E-state index contributed by atoms with van der Waals surface area (Å²) in [7, 11) is 0. The number of carbonyl (C=O) groups excluding carboxylic acids is 6. The quantitative estimate of drug-likeness (QED) is 0.0721. The number of amides is 6. The summed E-state index contributed by atoms with van der Waals surface area (Å²) in [6.45, 7) is 2.46. The zero-order chi connectivity index (χ0) is 41.0. The predicted octanol–water partition coefficient (Wildman–Crippen LogP) is 1.45. The number of anilines is 1. The molecule has 10 N–H and O–H groups in total. The third-order valence-corrected chi connectivity index (χ3v) is 10.2. The number of hydrogen-bond donors (Lipinski definition) is 8. The number of fused-ring (bicyclic) bond motifs is 3. The molecular formula is C40H61N11O6. The molecule has 2 heterocycles. The van der Waals surface area contributed by atoms with Crippen LogP contribution in [0.5, 0.6) is 0 Å². The van der Waals surface area contributed by atoms with Gasteiger partial charge < -0.3 is 47.9 Å². The second-order valence-corrected chi connectivity index (χ2v) is 14.8. The Kier molecular flexibility index (Phi) is 18.4. The van der Waals surface area contributed by atoms with Crippen LogP contribution < -0.4 is 43.4 Å². The molecule has 2 unspecified atom stereocenters. The van der Waals surface area contributed by atoms with Gasteiger partial charge in [-0.2, -0.15) is 0 Å². The zero-order valence-electron chi connectivity index (χ0n) is 33.3. The van der Waals surface area contributed by atoms with Crippen LogP contribution in [-0.2, 0) is 41.7 Å². The molecule has 2 aromatic heterocycles. The first-order chi connectivity index (χ1) is 27.5. The minimum absolute atomic E-state index is 0.0408. The van der Waals surface area contributed by atoms with Gasteiger partial charge in [0, 0.05) is 50.3 Å². The van der Waals surface area contributed by atoms with Gasteiger partial charge in [-0.1, -0.05) is 50.8 Å². The fourth-order valence-electron chi connectivity index (χ4n) is 6.88. The number of nitrogen functional groups attached to an aromatic ring is 1. The van der Waals surface area contributed by atoms with Crippen molar-refractivity contribution in [1.82, 2.24) is 46.4 Å². The van der Waals surface area contributed by atoms with Crippen molar-refractivity contribution in [3.63, 3.8) is 0 Å². The zero-order valence-corrected chi connectivity index (χ0v) is 33.3. The van der Waals surface area contributed by atoms with Gasteiger partial charge in [0.15, 0.2) is 5.82 Å². The Morgan fingerprint density at radius 3 is 2.00 bits per heavy atom. The van der Waals surface area contributed by atoms with Gasteiger partial charge in [-0.15, -0.1) is 0 Å². The summed E-state index contributed by atoms with van der Waals surface area (Å²) < 4.78 is 2.22. The summed E-state index contributed by atoms with van der Waals surface area (Å²) in [5, 5.41) is 16.3. The molecule has 1 saturated carbocycles. The highest BCUT2D eigenvalue weighted by Gasteiger charge is 2.18. The van der Waals surface area contributed by atoms with Crippen LogP contribution >= 0.6 is 0 Å². The molecule has 0 bridgehead atoms. The molecule has 1 aliphatic carbocycles. The number of pyridine rings is 1. The van der Waals surface area contributed by atoms with E-state index in [1.165, 1.54) is 0 Å². The number of nitrogens with one attached hydrogen (secondary N) is 6. The lowest BCUT2D eigenvalue weighted by atomic mass is 9.96. The maximum absolute atomic E-state index is 12.4. The third kappa shape index (κ3) is 15.3. The highest BCUT2D eigenvalue weighted by atomic mass is 16.2. The van der Waals surface area contributed by atoms with E-state index in [9.17, 15) is 28.8 Å². The smallest absolute Gasteiger partial charge is 0.239 e. The van der Waals surface area contributed by atoms with E-state index >= 15 is 0 Å². The van der Waals surface area contributed by atoms with Crippen molar-refractivity contribution >= 4 is 63.2 Å². The number of nitrogens with two attached hydrogens (primary N) is 2. The van der Waals surface area contributed by atoms with Crippen LogP contribution in [0.3, 0.4) is 0 Å². The number of carbonyl (C=O) groups is 6. The number of imidazole rings is 1. The van der Waals surface area contributed by atoms with Gasteiger partial charge in [0.2, 0.25) is 35.4 Å². The van der Waals surface area contributed by atoms with Crippen molar-refractivity contribution in [3.8, 4) is 0 Å². The number of nitrogens with zero attached hydrogens (tertiary/aromatic N) is 3. The Bertz CT molecular complexity index is 1830. The van der Waals surface area contributed by atoms with Crippen LogP contribution in [0.4, 0.5) is 5.82 Å². The fraction of sp³-hybridized carbons (Fsp3) is 0.600. The van der Waals surface area contributed by atoms with Gasteiger partial charge >= 0.3 is 0 Å². The highest BCUT2D eigenvalue weighted by molar-refractivity contribution is 6.06. The Labute approximate surface area is 334 Å². The average Bonchev–Trinajstić information content (AvgIpc) is 3.62. The molecule has 6 amide bonds. The van der Waals surface area contributed by atoms with Crippen LogP contribution in [-0.4, -0.2) is 95.3 Å². The van der Waals surface area contributed by atoms with Crippen LogP contribution in [0.2, 0.25) is 0 Å². The molecule has 57 heavy (non-hydrogen) atoms. The summed E-state index contributed by atoms with van der Waals surface area (Å²) >= 11 is 0. The molecular weight excluding hydrogens is 731 g/mol. The molecule has 3 aromatic rings. The number of aryl methyl sites for hydroxylation is 2. The average molecular weight is 792 g/mol. The standard InChI is InChI=1S/C40H61N11O6/c1-2-3-15-31-50-38-39(29-13-7-8-14-30(29)49-40(38)42)51(31)21-10-9-20-43-32(52)18-19-33(53)45-23-35(55)47-25-37(57)48-26-36(56)46-24-34(54)44-22-27-11-5-4-6-12-28(41)17-16-27/h7-8,13-14,27-28H,2-6,9-12,15-26,41H2,1H3,(H2,42,49)(H,43,52)(H,44,54)(H,45,53)(H,46,56)(H,47,55)(H,48,57). The van der Waals surface area contributed by atoms with Gasteiger partial charge in [0.1, 0.15) is 11.3 Å². The number of rotatable bonds is 21. The SMILES string of the molecule is CCCCc1nc2c(N)nc3ccccc3c2n1CCCCNC(=O)CCC(=O)NCC(=O)NCC(=O)NCC(=O)NCC(=O)NCC1CCCCCC(N)CC1. The number of hydrogen-bond acceptors (Lipinski definition) is 10. The molecule has 4 rings (SSSR count). The molecule has 0 spiro atoms. The molecule has 1 aromatic carbocycles. The molecule has 0 aliphatic heterocycles. The Hall–Kier alpha value is -5.32. The summed E-state index contributed by atoms with van der Waals surface area (Å²) in [4.78, 5) is 82.6. The molecule has 17 nitrogen and oxygen atoms in total. The van der Waals surface area contributed by atoms with E-state index in [4.69, 9.17) is 16.5 Å². The maximum Gasteiger partial charge on any atom is 0.239 e. The van der Waals surface area contributed by atoms with Crippen molar-refractivity contribution in [2.75, 3.05) is 45.0 Å². The van der Waals surface area contributed by atoms with Crippen LogP contribution in [0, 0.1) is 5.92 Å². The first-order valence-corrected chi connectivity index (χ1v) is 20.4. The predicted molar refractivity (Wildman–Crippen MR) is 218 cm³/mol. The summed E-state index contributed by atoms with van der Waals surface area (Å²) in [6.07, 6.45) is 11.6. The van der Waals surface area contributed by atoms with Gasteiger partial charge in [0.25, 0.3) is 0 Å². The lowest BCUT2D eigenvalue weighted by molar-refractivity contribution is -0.129. The normalized spacial score (nSPS) is 15.8. The Morgan fingerprint density at radius 2 is 1.32 bits per heavy atom. The molecule has 17 heteroatoms. The minimum Gasteiger partial charge on any atom is -0.382 e. The van der Waals surface area contributed by atoms with Crippen LogP contribution in [0.15, 0.2) is 24.3 Å². The van der Waals surface area contributed by atoms with Crippen LogP contribution in [0.1, 0.15) is 96.2 Å². The minimum atomic E-state index is -0.616. The van der Waals surface area contributed by atoms with Gasteiger partial charge in [-0.05, 0) is 56.9 Å². The number of unbranched alkanes of at least 4 members (excludes halogenated alkanes) is 2. The molecule has 1 fully saturated rings. The molecule has 2 atom stereocenters. The summed E-state index contributed by atoms with van der Waals surface area (Å²) in [5.74, 6) is -1.10. The molecule has 0 saturated heterocycles. The van der Waals surface area contributed by atoms with Crippen molar-refractivity contribution < 1.29 is 28.8 Å². The first-order valence-electron chi connectivity index (χ1n) is 20.4. The van der Waals surface area contributed by atoms with E-state index in [0.29, 0.717) is 36.9 Å². The van der Waals surface area contributed by atoms with E-state index < -0.39 is 30.2 Å². The Balaban J connectivity index is 1.03. The number of aromatic nitrogens is 3. The van der Waals surface area contributed by atoms with E-state index in [2.05, 4.69) is 48.4 Å². The molecule has 312 valence electrons.